The van der Waals surface area contributed by atoms with Crippen LogP contribution >= 0.6 is 0 Å². The van der Waals surface area contributed by atoms with E-state index in [2.05, 4.69) is 26.2 Å². The molecule has 0 aromatic rings. The highest BCUT2D eigenvalue weighted by Crippen LogP contribution is 2.44. The zero-order valence-electron chi connectivity index (χ0n) is 26.2. The normalized spacial score (nSPS) is 36.0. The van der Waals surface area contributed by atoms with Gasteiger partial charge in [-0.2, -0.15) is 0 Å². The Hall–Kier alpha value is -1.67. The van der Waals surface area contributed by atoms with Gasteiger partial charge in [-0.05, 0) is 57.0 Å². The molecule has 1 spiro atoms. The molecule has 5 aliphatic heterocycles. The lowest BCUT2D eigenvalue weighted by atomic mass is 9.65. The zero-order chi connectivity index (χ0) is 30.7. The molecule has 6 unspecified atom stereocenters. The molecule has 4 saturated heterocycles. The average molecular weight is 619 g/mol. The van der Waals surface area contributed by atoms with Gasteiger partial charge >= 0.3 is 0 Å². The van der Waals surface area contributed by atoms with Crippen molar-refractivity contribution in [3.63, 3.8) is 0 Å². The van der Waals surface area contributed by atoms with Gasteiger partial charge in [-0.25, -0.2) is 4.39 Å². The Morgan fingerprint density at radius 1 is 0.977 bits per heavy atom. The number of nitrogens with two attached hydrogens (primary N) is 2. The van der Waals surface area contributed by atoms with Crippen molar-refractivity contribution >= 4 is 11.8 Å². The van der Waals surface area contributed by atoms with Crippen molar-refractivity contribution in [1.82, 2.24) is 31.1 Å². The second-order valence-electron chi connectivity index (χ2n) is 14.3. The summed E-state index contributed by atoms with van der Waals surface area (Å²) in [4.78, 5) is 31.9. The van der Waals surface area contributed by atoms with Crippen molar-refractivity contribution in [2.45, 2.75) is 87.9 Å². The summed E-state index contributed by atoms with van der Waals surface area (Å²) < 4.78 is 19.9. The van der Waals surface area contributed by atoms with Gasteiger partial charge in [-0.3, -0.25) is 14.5 Å². The maximum atomic E-state index is 14.5. The molecule has 248 valence electrons. The Bertz CT molecular complexity index is 1010. The molecule has 6 aliphatic rings. The van der Waals surface area contributed by atoms with Gasteiger partial charge in [-0.1, -0.05) is 31.4 Å². The highest BCUT2D eigenvalue weighted by molar-refractivity contribution is 5.82. The average Bonchev–Trinajstić information content (AvgIpc) is 3.16. The zero-order valence-corrected chi connectivity index (χ0v) is 26.2. The number of carbonyl (C=O) groups is 2. The summed E-state index contributed by atoms with van der Waals surface area (Å²) in [5, 5.41) is 13.8. The van der Waals surface area contributed by atoms with Crippen molar-refractivity contribution in [3.8, 4) is 0 Å². The second-order valence-corrected chi connectivity index (χ2v) is 14.3. The highest BCUT2D eigenvalue weighted by Gasteiger charge is 2.48. The monoisotopic (exact) mass is 618 g/mol. The molecule has 12 heteroatoms. The molecule has 0 bridgehead atoms. The van der Waals surface area contributed by atoms with Gasteiger partial charge in [0.15, 0.2) is 0 Å². The van der Waals surface area contributed by atoms with Crippen molar-refractivity contribution in [3.05, 3.63) is 12.2 Å². The Morgan fingerprint density at radius 2 is 1.75 bits per heavy atom. The van der Waals surface area contributed by atoms with Crippen LogP contribution in [-0.2, 0) is 14.3 Å². The van der Waals surface area contributed by atoms with E-state index >= 15 is 0 Å². The number of alkyl halides is 1. The number of hydrogen-bond acceptors (Lipinski definition) is 9. The third kappa shape index (κ3) is 7.01. The summed E-state index contributed by atoms with van der Waals surface area (Å²) in [6, 6.07) is 0.00494. The van der Waals surface area contributed by atoms with Gasteiger partial charge in [0.2, 0.25) is 11.8 Å². The Labute approximate surface area is 261 Å². The first-order chi connectivity index (χ1) is 21.3. The van der Waals surface area contributed by atoms with Crippen LogP contribution in [0.5, 0.6) is 0 Å². The highest BCUT2D eigenvalue weighted by atomic mass is 19.1. The molecule has 1 aliphatic carbocycles. The molecule has 0 radical (unpaired) electrons. The van der Waals surface area contributed by atoms with Crippen LogP contribution in [-0.4, -0.2) is 124 Å². The summed E-state index contributed by atoms with van der Waals surface area (Å²) in [6.45, 7) is 7.54. The molecule has 2 amide bonds. The molecular formula is C32H55FN8O3. The van der Waals surface area contributed by atoms with Crippen molar-refractivity contribution in [1.29, 1.82) is 0 Å². The lowest BCUT2D eigenvalue weighted by Crippen LogP contribution is -2.64. The fraction of sp³-hybridized carbons (Fsp3) is 0.875. The minimum atomic E-state index is -1.09. The van der Waals surface area contributed by atoms with E-state index in [0.717, 1.165) is 104 Å². The molecule has 6 rings (SSSR count). The number of amides is 2. The summed E-state index contributed by atoms with van der Waals surface area (Å²) in [5.41, 5.74) is 12.4. The molecule has 5 fully saturated rings. The van der Waals surface area contributed by atoms with Crippen LogP contribution in [0, 0.1) is 23.2 Å². The van der Waals surface area contributed by atoms with Gasteiger partial charge in [0, 0.05) is 56.8 Å². The number of ether oxygens (including phenoxy) is 1. The Morgan fingerprint density at radius 3 is 2.41 bits per heavy atom. The standard InChI is InChI=1S/C32H55FN8O3/c33-22-6-10-32(8-2-1-3-9-32)28(38-17-22)27(29(34)35)30(42)39-26-18-36-11-7-24(26)21-4-5-25(37-16-21)31(43)41-14-12-40(13-15-41)23-19-44-20-23/h6,10,21-29,36-38H,1-5,7-9,11-20,34-35H2,(H,39,42)/t21?,22?,24?,25-,26?,27?,28?/m1/s1. The quantitative estimate of drug-likeness (QED) is 0.167. The Kier molecular flexibility index (Phi) is 10.6. The van der Waals surface area contributed by atoms with Gasteiger partial charge in [0.1, 0.15) is 6.17 Å². The van der Waals surface area contributed by atoms with E-state index in [1.807, 2.05) is 11.0 Å². The van der Waals surface area contributed by atoms with Crippen LogP contribution < -0.4 is 32.7 Å². The number of piperazine rings is 1. The summed E-state index contributed by atoms with van der Waals surface area (Å²) in [6.07, 6.45) is 9.49. The molecule has 8 N–H and O–H groups in total. The number of nitrogens with zero attached hydrogens (tertiary/aromatic N) is 2. The van der Waals surface area contributed by atoms with Gasteiger partial charge in [-0.15, -0.1) is 0 Å². The molecule has 0 aromatic heterocycles. The number of carbonyl (C=O) groups excluding carboxylic acids is 2. The van der Waals surface area contributed by atoms with Crippen molar-refractivity contribution < 1.29 is 18.7 Å². The van der Waals surface area contributed by atoms with Gasteiger partial charge in [0.05, 0.1) is 37.4 Å². The van der Waals surface area contributed by atoms with Crippen LogP contribution in [0.3, 0.4) is 0 Å². The lowest BCUT2D eigenvalue weighted by Gasteiger charge is -2.46. The maximum Gasteiger partial charge on any atom is 0.239 e. The predicted molar refractivity (Wildman–Crippen MR) is 167 cm³/mol. The summed E-state index contributed by atoms with van der Waals surface area (Å²) in [5.74, 6) is 0.0565. The Balaban J connectivity index is 1.06. The van der Waals surface area contributed by atoms with E-state index in [-0.39, 0.29) is 47.8 Å². The molecule has 1 saturated carbocycles. The maximum absolute atomic E-state index is 14.5. The van der Waals surface area contributed by atoms with Crippen molar-refractivity contribution in [2.75, 3.05) is 65.6 Å². The van der Waals surface area contributed by atoms with Gasteiger partial charge < -0.3 is 42.4 Å². The molecular weight excluding hydrogens is 563 g/mol. The molecule has 5 heterocycles. The minimum Gasteiger partial charge on any atom is -0.378 e. The first-order valence-electron chi connectivity index (χ1n) is 17.3. The fourth-order valence-electron chi connectivity index (χ4n) is 8.93. The number of piperidine rings is 2. The third-order valence-corrected chi connectivity index (χ3v) is 11.6. The van der Waals surface area contributed by atoms with Crippen LogP contribution in [0.1, 0.15) is 51.4 Å². The smallest absolute Gasteiger partial charge is 0.239 e. The lowest BCUT2D eigenvalue weighted by molar-refractivity contribution is -0.138. The van der Waals surface area contributed by atoms with E-state index in [1.165, 1.54) is 0 Å². The largest absolute Gasteiger partial charge is 0.378 e. The van der Waals surface area contributed by atoms with Crippen LogP contribution in [0.4, 0.5) is 4.39 Å². The van der Waals surface area contributed by atoms with E-state index in [9.17, 15) is 14.0 Å². The van der Waals surface area contributed by atoms with Crippen LogP contribution in [0.15, 0.2) is 12.2 Å². The van der Waals surface area contributed by atoms with Gasteiger partial charge in [0.25, 0.3) is 0 Å². The molecule has 44 heavy (non-hydrogen) atoms. The number of hydrogen-bond donors (Lipinski definition) is 6. The third-order valence-electron chi connectivity index (χ3n) is 11.6. The molecule has 0 aromatic carbocycles. The van der Waals surface area contributed by atoms with Crippen molar-refractivity contribution in [2.24, 2.45) is 34.6 Å². The molecule has 7 atom stereocenters. The number of rotatable bonds is 7. The minimum absolute atomic E-state index is 0.0577. The van der Waals surface area contributed by atoms with E-state index in [4.69, 9.17) is 16.2 Å². The second kappa shape index (κ2) is 14.4. The fourth-order valence-corrected chi connectivity index (χ4v) is 8.93. The summed E-state index contributed by atoms with van der Waals surface area (Å²) in [7, 11) is 0. The molecule has 11 nitrogen and oxygen atoms in total. The predicted octanol–water partition coefficient (Wildman–Crippen LogP) is -0.332. The first-order valence-corrected chi connectivity index (χ1v) is 17.3. The van der Waals surface area contributed by atoms with E-state index < -0.39 is 18.3 Å². The topological polar surface area (TPSA) is 150 Å². The van der Waals surface area contributed by atoms with E-state index in [1.54, 1.807) is 6.08 Å². The SMILES string of the molecule is NC(N)C(C(=O)NC1CNCCC1C1CC[C@H](C(=O)N2CCN(C3COC3)CC2)NC1)C1NCC(F)C=CC12CCCCC2. The van der Waals surface area contributed by atoms with Crippen LogP contribution in [0.2, 0.25) is 0 Å². The number of nitrogens with one attached hydrogen (secondary N) is 4. The number of halogens is 1. The van der Waals surface area contributed by atoms with Crippen LogP contribution in [0.25, 0.3) is 0 Å². The first kappa shape index (κ1) is 32.3. The summed E-state index contributed by atoms with van der Waals surface area (Å²) >= 11 is 0. The van der Waals surface area contributed by atoms with E-state index in [0.29, 0.717) is 18.5 Å².